The molecule has 4 aromatic rings. The molecule has 3 N–H and O–H groups in total. The van der Waals surface area contributed by atoms with Crippen LogP contribution in [-0.4, -0.2) is 16.0 Å². The van der Waals surface area contributed by atoms with Gasteiger partial charge in [0.1, 0.15) is 9.71 Å². The molecule has 3 heterocycles. The Labute approximate surface area is 176 Å². The van der Waals surface area contributed by atoms with Gasteiger partial charge in [-0.15, -0.1) is 11.3 Å². The van der Waals surface area contributed by atoms with E-state index < -0.39 is 11.4 Å². The Bertz CT molecular complexity index is 1300. The lowest BCUT2D eigenvalue weighted by atomic mass is 9.96. The number of para-hydroxylation sites is 1. The minimum Gasteiger partial charge on any atom is -0.397 e. The fourth-order valence-electron chi connectivity index (χ4n) is 4.01. The van der Waals surface area contributed by atoms with Gasteiger partial charge in [-0.2, -0.15) is 0 Å². The lowest BCUT2D eigenvalue weighted by molar-refractivity contribution is -0.672. The summed E-state index contributed by atoms with van der Waals surface area (Å²) in [7, 11) is 0. The van der Waals surface area contributed by atoms with Gasteiger partial charge in [-0.25, -0.2) is 9.78 Å². The van der Waals surface area contributed by atoms with E-state index in [1.165, 1.54) is 34.4 Å². The number of nitrogen functional groups attached to an aromatic ring is 1. The molecule has 3 aromatic heterocycles. The van der Waals surface area contributed by atoms with E-state index in [2.05, 4.69) is 11.3 Å². The minimum absolute atomic E-state index is 0.113. The highest BCUT2D eigenvalue weighted by atomic mass is 32.1. The van der Waals surface area contributed by atoms with Crippen LogP contribution in [0.15, 0.2) is 45.7 Å². The zero-order valence-corrected chi connectivity index (χ0v) is 17.1. The van der Waals surface area contributed by atoms with Crippen molar-refractivity contribution in [3.05, 3.63) is 68.6 Å². The van der Waals surface area contributed by atoms with Crippen LogP contribution in [0.1, 0.15) is 52.3 Å². The first-order valence-corrected chi connectivity index (χ1v) is 10.9. The van der Waals surface area contributed by atoms with Gasteiger partial charge in [0, 0.05) is 23.2 Å². The summed E-state index contributed by atoms with van der Waals surface area (Å²) in [5.74, 6) is -0.471. The second-order valence-corrected chi connectivity index (χ2v) is 8.53. The number of ketones is 1. The smallest absolute Gasteiger partial charge is 0.397 e. The van der Waals surface area contributed by atoms with E-state index in [1.54, 1.807) is 12.1 Å². The molecular weight excluding hydrogens is 400 g/mol. The molecule has 0 radical (unpaired) electrons. The van der Waals surface area contributed by atoms with Gasteiger partial charge in [0.25, 0.3) is 5.78 Å². The van der Waals surface area contributed by atoms with Crippen LogP contribution in [0.25, 0.3) is 15.9 Å². The number of aromatic nitrogens is 3. The van der Waals surface area contributed by atoms with Crippen LogP contribution < -0.4 is 16.0 Å². The number of carbonyl (C=O) groups excluding carboxylic acids is 1. The number of fused-ring (bicyclic) bond motifs is 2. The number of pyridine rings is 1. The lowest BCUT2D eigenvalue weighted by Crippen LogP contribution is -2.41. The van der Waals surface area contributed by atoms with E-state index in [0.29, 0.717) is 16.3 Å². The Morgan fingerprint density at radius 1 is 1.13 bits per heavy atom. The molecule has 8 heteroatoms. The fraction of sp³-hybridized carbons (Fsp3) is 0.273. The number of nitrogens with two attached hydrogens (primary N) is 1. The van der Waals surface area contributed by atoms with Crippen LogP contribution in [0.5, 0.6) is 0 Å². The van der Waals surface area contributed by atoms with Gasteiger partial charge in [-0.05, 0) is 47.3 Å². The van der Waals surface area contributed by atoms with Crippen molar-refractivity contribution in [2.45, 2.75) is 38.5 Å². The number of H-pyrrole nitrogens is 1. The number of anilines is 1. The van der Waals surface area contributed by atoms with Crippen molar-refractivity contribution in [2.75, 3.05) is 5.73 Å². The van der Waals surface area contributed by atoms with E-state index in [0.717, 1.165) is 41.6 Å². The van der Waals surface area contributed by atoms with Gasteiger partial charge >= 0.3 is 11.3 Å². The van der Waals surface area contributed by atoms with Gasteiger partial charge in [0.05, 0.1) is 5.69 Å². The van der Waals surface area contributed by atoms with Gasteiger partial charge in [0.2, 0.25) is 5.69 Å². The predicted octanol–water partition coefficient (Wildman–Crippen LogP) is 3.33. The molecule has 0 saturated carbocycles. The summed E-state index contributed by atoms with van der Waals surface area (Å²) in [5.41, 5.74) is 8.84. The number of hydrogen-bond donors (Lipinski definition) is 2. The van der Waals surface area contributed by atoms with Crippen LogP contribution in [0.2, 0.25) is 0 Å². The zero-order chi connectivity index (χ0) is 20.7. The molecule has 5 rings (SSSR count). The maximum Gasteiger partial charge on any atom is 0.439 e. The van der Waals surface area contributed by atoms with Crippen LogP contribution in [0, 0.1) is 0 Å². The molecule has 0 unspecified atom stereocenters. The van der Waals surface area contributed by atoms with Crippen molar-refractivity contribution >= 4 is 33.0 Å². The molecule has 0 atom stereocenters. The van der Waals surface area contributed by atoms with Crippen molar-refractivity contribution in [1.29, 1.82) is 0 Å². The van der Waals surface area contributed by atoms with Crippen molar-refractivity contribution in [2.24, 2.45) is 0 Å². The molecular formula is C22H21N4O3S+. The van der Waals surface area contributed by atoms with Crippen molar-refractivity contribution < 1.29 is 14.0 Å². The van der Waals surface area contributed by atoms with Crippen LogP contribution in [0.4, 0.5) is 5.69 Å². The predicted molar refractivity (Wildman–Crippen MR) is 114 cm³/mol. The van der Waals surface area contributed by atoms with E-state index in [9.17, 15) is 9.59 Å². The number of aryl methyl sites for hydroxylation is 2. The first-order valence-electron chi connectivity index (χ1n) is 10.1. The van der Waals surface area contributed by atoms with Crippen molar-refractivity contribution in [3.63, 3.8) is 0 Å². The van der Waals surface area contributed by atoms with Crippen LogP contribution >= 0.6 is 11.3 Å². The lowest BCUT2D eigenvalue weighted by Gasteiger charge is -2.12. The van der Waals surface area contributed by atoms with Gasteiger partial charge in [-0.3, -0.25) is 9.32 Å². The van der Waals surface area contributed by atoms with Gasteiger partial charge in [0.15, 0.2) is 0 Å². The number of thiophene rings is 1. The summed E-state index contributed by atoms with van der Waals surface area (Å²) in [5, 5.41) is 3.30. The summed E-state index contributed by atoms with van der Waals surface area (Å²) in [6, 6.07) is 11.1. The third-order valence-electron chi connectivity index (χ3n) is 5.58. The Morgan fingerprint density at radius 2 is 1.90 bits per heavy atom. The molecule has 0 bridgehead atoms. The van der Waals surface area contributed by atoms with E-state index in [4.69, 9.17) is 15.2 Å². The second kappa shape index (κ2) is 7.53. The monoisotopic (exact) mass is 421 g/mol. The second-order valence-electron chi connectivity index (χ2n) is 7.54. The molecule has 7 nitrogen and oxygen atoms in total. The SMILES string of the molecule is Nc1c(C(=O)c2c(=O)o[nH][n+]2-c2ccccc2)sc2nc3c(cc12)CCCCCC3. The number of nitrogens with zero attached hydrogens (tertiary/aromatic N) is 2. The quantitative estimate of drug-likeness (QED) is 0.390. The molecule has 1 aliphatic carbocycles. The molecule has 0 aliphatic heterocycles. The number of carbonyl (C=O) groups is 1. The Kier molecular flexibility index (Phi) is 4.71. The average molecular weight is 422 g/mol. The molecule has 0 saturated heterocycles. The summed E-state index contributed by atoms with van der Waals surface area (Å²) in [4.78, 5) is 31.6. The molecule has 0 amide bonds. The number of aromatic amines is 1. The number of nitrogens with one attached hydrogen (secondary N) is 1. The van der Waals surface area contributed by atoms with Crippen LogP contribution in [-0.2, 0) is 12.8 Å². The molecule has 1 aliphatic rings. The molecule has 152 valence electrons. The molecule has 30 heavy (non-hydrogen) atoms. The molecule has 0 spiro atoms. The zero-order valence-electron chi connectivity index (χ0n) is 16.3. The van der Waals surface area contributed by atoms with Crippen LogP contribution in [0.3, 0.4) is 0 Å². The minimum atomic E-state index is -0.735. The summed E-state index contributed by atoms with van der Waals surface area (Å²) < 4.78 is 6.27. The normalized spacial score (nSPS) is 14.3. The van der Waals surface area contributed by atoms with Gasteiger partial charge < -0.3 is 5.73 Å². The number of benzene rings is 1. The summed E-state index contributed by atoms with van der Waals surface area (Å²) in [6.45, 7) is 0. The first-order chi connectivity index (χ1) is 14.6. The third kappa shape index (κ3) is 3.13. The standard InChI is InChI=1S/C22H20N4O3S/c23-17-15-12-13-8-4-1-2-7-11-16(13)24-21(15)30-20(17)19(27)18-22(28)29-25-26(18)14-9-5-3-6-10-14/h3,5-6,9-10,12H,1-2,4,7-8,11H2,(H2-,23,25,27,28)/p+1. The van der Waals surface area contributed by atoms with E-state index in [1.807, 2.05) is 18.2 Å². The van der Waals surface area contributed by atoms with E-state index >= 15 is 0 Å². The highest BCUT2D eigenvalue weighted by Gasteiger charge is 2.34. The highest BCUT2D eigenvalue weighted by Crippen LogP contribution is 2.35. The van der Waals surface area contributed by atoms with Crippen molar-refractivity contribution in [3.8, 4) is 5.69 Å². The number of hydrogen-bond acceptors (Lipinski definition) is 6. The largest absolute Gasteiger partial charge is 0.439 e. The third-order valence-corrected chi connectivity index (χ3v) is 6.70. The first kappa shape index (κ1) is 18.7. The Balaban J connectivity index is 1.62. The number of rotatable bonds is 3. The fourth-order valence-corrected chi connectivity index (χ4v) is 5.05. The molecule has 0 fully saturated rings. The highest BCUT2D eigenvalue weighted by molar-refractivity contribution is 7.21. The summed E-state index contributed by atoms with van der Waals surface area (Å²) >= 11 is 1.23. The van der Waals surface area contributed by atoms with Crippen molar-refractivity contribution in [1.82, 2.24) is 10.3 Å². The Morgan fingerprint density at radius 3 is 2.70 bits per heavy atom. The maximum atomic E-state index is 13.3. The topological polar surface area (TPSA) is 106 Å². The Hall–Kier alpha value is -3.26. The van der Waals surface area contributed by atoms with Gasteiger partial charge in [-0.1, -0.05) is 31.0 Å². The van der Waals surface area contributed by atoms with E-state index in [-0.39, 0.29) is 5.69 Å². The molecule has 1 aromatic carbocycles. The maximum absolute atomic E-state index is 13.3. The summed E-state index contributed by atoms with van der Waals surface area (Å²) in [6.07, 6.45) is 6.63. The average Bonchev–Trinajstić information content (AvgIpc) is 3.28.